The Kier molecular flexibility index (Phi) is 22.8. The van der Waals surface area contributed by atoms with Gasteiger partial charge in [-0.05, 0) is 76.9 Å². The second-order valence-corrected chi connectivity index (χ2v) is 13.1. The third-order valence-corrected chi connectivity index (χ3v) is 9.02. The SMILES string of the molecule is CCCCCCCCC(CC1CCCCC1)C(=O)OCC(O)(O)CCCCN(CCCCO)CCCCCC(O)(O)OC. The van der Waals surface area contributed by atoms with Crippen molar-refractivity contribution in [2.24, 2.45) is 11.8 Å². The summed E-state index contributed by atoms with van der Waals surface area (Å²) in [5.74, 6) is -3.96. The van der Waals surface area contributed by atoms with Crippen molar-refractivity contribution >= 4 is 5.97 Å². The second kappa shape index (κ2) is 24.4. The van der Waals surface area contributed by atoms with Crippen molar-refractivity contribution < 1.29 is 39.8 Å². The van der Waals surface area contributed by atoms with Crippen LogP contribution in [0.25, 0.3) is 0 Å². The third-order valence-electron chi connectivity index (χ3n) is 9.02. The minimum Gasteiger partial charge on any atom is -0.460 e. The molecule has 1 fully saturated rings. The Morgan fingerprint density at radius 2 is 1.37 bits per heavy atom. The van der Waals surface area contributed by atoms with Crippen LogP contribution in [0.15, 0.2) is 0 Å². The van der Waals surface area contributed by atoms with Gasteiger partial charge in [-0.25, -0.2) is 0 Å². The zero-order valence-electron chi connectivity index (χ0n) is 27.7. The molecule has 0 aromatic heterocycles. The molecule has 0 aromatic rings. The molecule has 0 aliphatic heterocycles. The van der Waals surface area contributed by atoms with Gasteiger partial charge < -0.3 is 39.9 Å². The van der Waals surface area contributed by atoms with Gasteiger partial charge in [0.2, 0.25) is 0 Å². The first-order valence-electron chi connectivity index (χ1n) is 17.6. The number of carbonyl (C=O) groups is 1. The Bertz CT molecular complexity index is 669. The first-order chi connectivity index (χ1) is 20.6. The van der Waals surface area contributed by atoms with Crippen LogP contribution in [-0.2, 0) is 14.3 Å². The molecule has 9 heteroatoms. The minimum atomic E-state index is -2.07. The third kappa shape index (κ3) is 21.5. The van der Waals surface area contributed by atoms with Crippen molar-refractivity contribution in [1.29, 1.82) is 0 Å². The number of aliphatic hydroxyl groups excluding tert-OH is 1. The largest absolute Gasteiger partial charge is 0.460 e. The van der Waals surface area contributed by atoms with Gasteiger partial charge in [-0.1, -0.05) is 84.0 Å². The molecule has 256 valence electrons. The quantitative estimate of drug-likeness (QED) is 0.0429. The van der Waals surface area contributed by atoms with Crippen LogP contribution < -0.4 is 0 Å². The summed E-state index contributed by atoms with van der Waals surface area (Å²) < 4.78 is 10.2. The summed E-state index contributed by atoms with van der Waals surface area (Å²) in [6.07, 6.45) is 20.6. The van der Waals surface area contributed by atoms with E-state index in [0.29, 0.717) is 18.8 Å². The molecule has 0 radical (unpaired) electrons. The van der Waals surface area contributed by atoms with E-state index in [0.717, 1.165) is 77.4 Å². The highest BCUT2D eigenvalue weighted by atomic mass is 16.8. The maximum atomic E-state index is 13.1. The molecule has 1 atom stereocenters. The van der Waals surface area contributed by atoms with E-state index in [1.807, 2.05) is 0 Å². The number of rotatable bonds is 28. The highest BCUT2D eigenvalue weighted by Gasteiger charge is 2.29. The number of carbonyl (C=O) groups excluding carboxylic acids is 1. The zero-order chi connectivity index (χ0) is 31.8. The number of nitrogens with zero attached hydrogens (tertiary/aromatic N) is 1. The fraction of sp³-hybridized carbons (Fsp3) is 0.971. The molecule has 0 heterocycles. The van der Waals surface area contributed by atoms with E-state index >= 15 is 0 Å². The Morgan fingerprint density at radius 1 is 0.791 bits per heavy atom. The van der Waals surface area contributed by atoms with Gasteiger partial charge in [0, 0.05) is 26.6 Å². The van der Waals surface area contributed by atoms with Gasteiger partial charge in [-0.2, -0.15) is 0 Å². The predicted molar refractivity (Wildman–Crippen MR) is 170 cm³/mol. The molecule has 1 aliphatic rings. The average Bonchev–Trinajstić information content (AvgIpc) is 2.99. The Labute approximate surface area is 262 Å². The maximum absolute atomic E-state index is 13.1. The molecule has 9 nitrogen and oxygen atoms in total. The maximum Gasteiger partial charge on any atom is 0.309 e. The van der Waals surface area contributed by atoms with Crippen LogP contribution in [-0.4, -0.2) is 88.1 Å². The zero-order valence-corrected chi connectivity index (χ0v) is 27.7. The van der Waals surface area contributed by atoms with Crippen molar-refractivity contribution in [3.8, 4) is 0 Å². The van der Waals surface area contributed by atoms with E-state index in [1.54, 1.807) is 0 Å². The number of hydrogen-bond donors (Lipinski definition) is 5. The molecule has 43 heavy (non-hydrogen) atoms. The first kappa shape index (κ1) is 40.2. The van der Waals surface area contributed by atoms with Gasteiger partial charge in [-0.15, -0.1) is 0 Å². The van der Waals surface area contributed by atoms with Crippen molar-refractivity contribution in [1.82, 2.24) is 4.90 Å². The molecule has 5 N–H and O–H groups in total. The van der Waals surface area contributed by atoms with E-state index in [-0.39, 0.29) is 37.9 Å². The molecule has 0 bridgehead atoms. The number of aliphatic hydroxyl groups is 5. The Hall–Kier alpha value is -0.810. The lowest BCUT2D eigenvalue weighted by Crippen LogP contribution is -2.37. The number of hydrogen-bond acceptors (Lipinski definition) is 9. The fourth-order valence-corrected chi connectivity index (χ4v) is 6.20. The van der Waals surface area contributed by atoms with Crippen LogP contribution in [0.1, 0.15) is 148 Å². The summed E-state index contributed by atoms with van der Waals surface area (Å²) >= 11 is 0. The van der Waals surface area contributed by atoms with Crippen LogP contribution in [0.5, 0.6) is 0 Å². The summed E-state index contributed by atoms with van der Waals surface area (Å²) in [5.41, 5.74) is 0. The van der Waals surface area contributed by atoms with Crippen molar-refractivity contribution in [2.75, 3.05) is 40.0 Å². The second-order valence-electron chi connectivity index (χ2n) is 13.1. The molecular formula is C34H67NO8. The average molecular weight is 618 g/mol. The Balaban J connectivity index is 2.44. The first-order valence-corrected chi connectivity index (χ1v) is 17.6. The van der Waals surface area contributed by atoms with Gasteiger partial charge in [-0.3, -0.25) is 4.79 Å². The summed E-state index contributed by atoms with van der Waals surface area (Å²) in [5, 5.41) is 49.4. The number of esters is 1. The van der Waals surface area contributed by atoms with E-state index in [4.69, 9.17) is 9.84 Å². The van der Waals surface area contributed by atoms with Crippen LogP contribution in [0.2, 0.25) is 0 Å². The molecule has 0 amide bonds. The molecular weight excluding hydrogens is 550 g/mol. The lowest BCUT2D eigenvalue weighted by atomic mass is 9.81. The normalized spacial score (nSPS) is 15.7. The van der Waals surface area contributed by atoms with E-state index in [1.165, 1.54) is 64.9 Å². The molecule has 1 aliphatic carbocycles. The summed E-state index contributed by atoms with van der Waals surface area (Å²) in [7, 11) is 1.27. The predicted octanol–water partition coefficient (Wildman–Crippen LogP) is 5.64. The lowest BCUT2D eigenvalue weighted by molar-refractivity contribution is -0.329. The van der Waals surface area contributed by atoms with Crippen LogP contribution in [0.4, 0.5) is 0 Å². The Morgan fingerprint density at radius 3 is 2.02 bits per heavy atom. The number of unbranched alkanes of at least 4 members (excludes halogenated alkanes) is 9. The molecule has 1 rings (SSSR count). The van der Waals surface area contributed by atoms with Gasteiger partial charge in [0.1, 0.15) is 6.61 Å². The smallest absolute Gasteiger partial charge is 0.309 e. The van der Waals surface area contributed by atoms with Crippen molar-refractivity contribution in [2.45, 2.75) is 160 Å². The van der Waals surface area contributed by atoms with Gasteiger partial charge in [0.05, 0.1) is 5.92 Å². The summed E-state index contributed by atoms with van der Waals surface area (Å²) in [6, 6.07) is 0. The number of methoxy groups -OCH3 is 1. The summed E-state index contributed by atoms with van der Waals surface area (Å²) in [6.45, 7) is 4.49. The lowest BCUT2D eigenvalue weighted by Gasteiger charge is -2.27. The van der Waals surface area contributed by atoms with Crippen LogP contribution in [0.3, 0.4) is 0 Å². The van der Waals surface area contributed by atoms with E-state index in [2.05, 4.69) is 16.6 Å². The van der Waals surface area contributed by atoms with E-state index < -0.39 is 11.8 Å². The molecule has 0 saturated heterocycles. The monoisotopic (exact) mass is 617 g/mol. The van der Waals surface area contributed by atoms with Crippen molar-refractivity contribution in [3.63, 3.8) is 0 Å². The minimum absolute atomic E-state index is 0.140. The molecule has 1 unspecified atom stereocenters. The molecule has 0 spiro atoms. The highest BCUT2D eigenvalue weighted by molar-refractivity contribution is 5.72. The molecule has 1 saturated carbocycles. The van der Waals surface area contributed by atoms with Crippen LogP contribution in [0, 0.1) is 11.8 Å². The van der Waals surface area contributed by atoms with E-state index in [9.17, 15) is 25.2 Å². The highest BCUT2D eigenvalue weighted by Crippen LogP contribution is 2.32. The van der Waals surface area contributed by atoms with Gasteiger partial charge in [0.25, 0.3) is 5.97 Å². The van der Waals surface area contributed by atoms with Crippen molar-refractivity contribution in [3.05, 3.63) is 0 Å². The van der Waals surface area contributed by atoms with Gasteiger partial charge in [0.15, 0.2) is 5.79 Å². The fourth-order valence-electron chi connectivity index (χ4n) is 6.20. The topological polar surface area (TPSA) is 140 Å². The molecule has 0 aromatic carbocycles. The number of ether oxygens (including phenoxy) is 2. The summed E-state index contributed by atoms with van der Waals surface area (Å²) in [4.78, 5) is 15.4. The standard InChI is InChI=1S/C34H67NO8/c1-3-4-5-6-7-12-21-31(28-30-19-10-8-11-20-30)32(37)43-29-33(38,39)22-14-16-25-35(26-17-18-27-36)24-15-9-13-23-34(40,41)42-2/h30-31,36,38-41H,3-29H2,1-2H3. The van der Waals surface area contributed by atoms with Crippen LogP contribution >= 0.6 is 0 Å². The van der Waals surface area contributed by atoms with Gasteiger partial charge >= 0.3 is 5.97 Å².